The predicted octanol–water partition coefficient (Wildman–Crippen LogP) is 1.95. The molecule has 6 heteroatoms. The van der Waals surface area contributed by atoms with Gasteiger partial charge in [-0.3, -0.25) is 0 Å². The Labute approximate surface area is 118 Å². The van der Waals surface area contributed by atoms with Crippen LogP contribution in [0.5, 0.6) is 5.88 Å². The van der Waals surface area contributed by atoms with E-state index in [1.54, 1.807) is 36.4 Å². The van der Waals surface area contributed by atoms with E-state index in [9.17, 15) is 8.42 Å². The van der Waals surface area contributed by atoms with Crippen molar-refractivity contribution in [1.29, 1.82) is 0 Å². The van der Waals surface area contributed by atoms with E-state index in [0.29, 0.717) is 11.6 Å². The highest BCUT2D eigenvalue weighted by molar-refractivity contribution is 7.90. The number of methoxy groups -OCH3 is 1. The molecule has 0 fully saturated rings. The van der Waals surface area contributed by atoms with Crippen LogP contribution < -0.4 is 10.5 Å². The van der Waals surface area contributed by atoms with Crippen LogP contribution >= 0.6 is 0 Å². The van der Waals surface area contributed by atoms with Gasteiger partial charge in [0.25, 0.3) is 0 Å². The number of hydrogen-bond donors (Lipinski definition) is 1. The average Bonchev–Trinajstić information content (AvgIpc) is 2.41. The van der Waals surface area contributed by atoms with E-state index in [2.05, 4.69) is 4.98 Å². The van der Waals surface area contributed by atoms with Crippen LogP contribution in [0.2, 0.25) is 0 Å². The molecule has 2 rings (SSSR count). The second-order valence-electron chi connectivity index (χ2n) is 4.47. The van der Waals surface area contributed by atoms with Crippen molar-refractivity contribution in [2.75, 3.05) is 12.8 Å². The number of nitrogen functional groups attached to an aromatic ring is 1. The van der Waals surface area contributed by atoms with Gasteiger partial charge in [-0.15, -0.1) is 0 Å². The number of aromatic nitrogens is 1. The van der Waals surface area contributed by atoms with Gasteiger partial charge in [0.1, 0.15) is 0 Å². The minimum absolute atomic E-state index is 0.141. The first-order valence-electron chi connectivity index (χ1n) is 6.01. The maximum absolute atomic E-state index is 12.4. The lowest BCUT2D eigenvalue weighted by Gasteiger charge is -2.09. The molecule has 0 saturated carbocycles. The third-order valence-electron chi connectivity index (χ3n) is 2.83. The summed E-state index contributed by atoms with van der Waals surface area (Å²) in [4.78, 5) is 4.25. The molecule has 0 aliphatic rings. The summed E-state index contributed by atoms with van der Waals surface area (Å²) in [5.41, 5.74) is 7.28. The number of pyridine rings is 1. The molecule has 2 N–H and O–H groups in total. The third-order valence-corrected chi connectivity index (χ3v) is 4.53. The summed E-state index contributed by atoms with van der Waals surface area (Å²) in [6.07, 6.45) is 0. The van der Waals surface area contributed by atoms with Gasteiger partial charge in [0.2, 0.25) is 5.88 Å². The first-order valence-corrected chi connectivity index (χ1v) is 7.66. The van der Waals surface area contributed by atoms with Crippen LogP contribution in [-0.4, -0.2) is 20.5 Å². The van der Waals surface area contributed by atoms with Crippen molar-refractivity contribution in [2.45, 2.75) is 17.6 Å². The van der Waals surface area contributed by atoms with Gasteiger partial charge in [-0.2, -0.15) is 0 Å². The third kappa shape index (κ3) is 3.08. The van der Waals surface area contributed by atoms with Crippen LogP contribution in [0.4, 0.5) is 5.69 Å². The molecule has 1 heterocycles. The molecule has 0 atom stereocenters. The summed E-state index contributed by atoms with van der Waals surface area (Å²) in [5.74, 6) is 0.174. The quantitative estimate of drug-likeness (QED) is 0.871. The maximum Gasteiger partial charge on any atom is 0.213 e. The summed E-state index contributed by atoms with van der Waals surface area (Å²) < 4.78 is 29.8. The molecule has 0 saturated heterocycles. The fraction of sp³-hybridized carbons (Fsp3) is 0.214. The first-order chi connectivity index (χ1) is 9.42. The van der Waals surface area contributed by atoms with Crippen LogP contribution in [-0.2, 0) is 15.6 Å². The SMILES string of the molecule is COc1cccc(CS(=O)(=O)c2cc(C)ccc2N)n1. The van der Waals surface area contributed by atoms with Crippen LogP contribution in [0.3, 0.4) is 0 Å². The molecule has 20 heavy (non-hydrogen) atoms. The Balaban J connectivity index is 2.38. The largest absolute Gasteiger partial charge is 0.481 e. The number of benzene rings is 1. The zero-order chi connectivity index (χ0) is 14.8. The van der Waals surface area contributed by atoms with Crippen LogP contribution in [0, 0.1) is 6.92 Å². The highest BCUT2D eigenvalue weighted by Gasteiger charge is 2.19. The van der Waals surface area contributed by atoms with E-state index in [4.69, 9.17) is 10.5 Å². The minimum Gasteiger partial charge on any atom is -0.481 e. The van der Waals surface area contributed by atoms with Gasteiger partial charge < -0.3 is 10.5 Å². The van der Waals surface area contributed by atoms with Crippen molar-refractivity contribution in [2.24, 2.45) is 0 Å². The topological polar surface area (TPSA) is 82.3 Å². The molecule has 5 nitrogen and oxygen atoms in total. The van der Waals surface area contributed by atoms with Crippen molar-refractivity contribution in [3.05, 3.63) is 47.7 Å². The summed E-state index contributed by atoms with van der Waals surface area (Å²) in [7, 11) is -2.05. The van der Waals surface area contributed by atoms with Gasteiger partial charge in [-0.1, -0.05) is 12.1 Å². The van der Waals surface area contributed by atoms with E-state index < -0.39 is 9.84 Å². The fourth-order valence-corrected chi connectivity index (χ4v) is 3.33. The van der Waals surface area contributed by atoms with Crippen LogP contribution in [0.25, 0.3) is 0 Å². The lowest BCUT2D eigenvalue weighted by atomic mass is 10.2. The van der Waals surface area contributed by atoms with E-state index >= 15 is 0 Å². The standard InChI is InChI=1S/C14H16N2O3S/c1-10-6-7-12(15)13(8-10)20(17,18)9-11-4-3-5-14(16-11)19-2/h3-8H,9,15H2,1-2H3. The highest BCUT2D eigenvalue weighted by atomic mass is 32.2. The normalized spacial score (nSPS) is 11.3. The van der Waals surface area contributed by atoms with Gasteiger partial charge in [0.15, 0.2) is 9.84 Å². The van der Waals surface area contributed by atoms with Gasteiger partial charge >= 0.3 is 0 Å². The second kappa shape index (κ2) is 5.50. The lowest BCUT2D eigenvalue weighted by Crippen LogP contribution is -2.09. The van der Waals surface area contributed by atoms with Crippen LogP contribution in [0.1, 0.15) is 11.3 Å². The molecule has 0 amide bonds. The predicted molar refractivity (Wildman–Crippen MR) is 77.3 cm³/mol. The Kier molecular flexibility index (Phi) is 3.94. The van der Waals surface area contributed by atoms with Crippen molar-refractivity contribution < 1.29 is 13.2 Å². The van der Waals surface area contributed by atoms with Crippen molar-refractivity contribution in [3.63, 3.8) is 0 Å². The molecule has 0 unspecified atom stereocenters. The molecule has 0 spiro atoms. The van der Waals surface area contributed by atoms with Gasteiger partial charge in [0.05, 0.1) is 29.1 Å². The van der Waals surface area contributed by atoms with Crippen LogP contribution in [0.15, 0.2) is 41.3 Å². The molecular formula is C14H16N2O3S. The maximum atomic E-state index is 12.4. The number of ether oxygens (including phenoxy) is 1. The minimum atomic E-state index is -3.53. The Hall–Kier alpha value is -2.08. The molecule has 0 aliphatic carbocycles. The van der Waals surface area contributed by atoms with Crippen molar-refractivity contribution in [3.8, 4) is 5.88 Å². The number of sulfone groups is 1. The second-order valence-corrected chi connectivity index (χ2v) is 6.43. The molecule has 0 aliphatic heterocycles. The Bertz CT molecular complexity index is 727. The Morgan fingerprint density at radius 1 is 1.25 bits per heavy atom. The van der Waals surface area contributed by atoms with Gasteiger partial charge in [-0.05, 0) is 30.7 Å². The summed E-state index contributed by atoms with van der Waals surface area (Å²) in [6, 6.07) is 9.96. The lowest BCUT2D eigenvalue weighted by molar-refractivity contribution is 0.396. The van der Waals surface area contributed by atoms with Gasteiger partial charge in [-0.25, -0.2) is 13.4 Å². The number of nitrogens with two attached hydrogens (primary N) is 1. The van der Waals surface area contributed by atoms with E-state index in [1.807, 2.05) is 6.92 Å². The number of rotatable bonds is 4. The summed E-state index contributed by atoms with van der Waals surface area (Å²) in [5, 5.41) is 0. The number of anilines is 1. The highest BCUT2D eigenvalue weighted by Crippen LogP contribution is 2.23. The molecule has 106 valence electrons. The average molecular weight is 292 g/mol. The first kappa shape index (κ1) is 14.3. The van der Waals surface area contributed by atoms with Gasteiger partial charge in [0, 0.05) is 6.07 Å². The molecular weight excluding hydrogens is 276 g/mol. The van der Waals surface area contributed by atoms with E-state index in [1.165, 1.54) is 7.11 Å². The molecule has 1 aromatic carbocycles. The fourth-order valence-electron chi connectivity index (χ4n) is 1.84. The van der Waals surface area contributed by atoms with Crippen molar-refractivity contribution >= 4 is 15.5 Å². The molecule has 0 radical (unpaired) electrons. The molecule has 2 aromatic rings. The summed E-state index contributed by atoms with van der Waals surface area (Å²) >= 11 is 0. The smallest absolute Gasteiger partial charge is 0.213 e. The monoisotopic (exact) mass is 292 g/mol. The van der Waals surface area contributed by atoms with Crippen molar-refractivity contribution in [1.82, 2.24) is 4.98 Å². The number of hydrogen-bond acceptors (Lipinski definition) is 5. The molecule has 1 aromatic heterocycles. The Morgan fingerprint density at radius 2 is 2.00 bits per heavy atom. The number of nitrogens with zero attached hydrogens (tertiary/aromatic N) is 1. The summed E-state index contributed by atoms with van der Waals surface area (Å²) in [6.45, 7) is 1.82. The zero-order valence-corrected chi connectivity index (χ0v) is 12.1. The number of aryl methyl sites for hydroxylation is 1. The molecule has 0 bridgehead atoms. The zero-order valence-electron chi connectivity index (χ0n) is 11.3. The Morgan fingerprint density at radius 3 is 2.70 bits per heavy atom. The van der Waals surface area contributed by atoms with E-state index in [0.717, 1.165) is 5.56 Å². The van der Waals surface area contributed by atoms with E-state index in [-0.39, 0.29) is 16.3 Å².